The zero-order valence-corrected chi connectivity index (χ0v) is 20.2. The molecule has 1 aliphatic carbocycles. The van der Waals surface area contributed by atoms with Crippen LogP contribution in [0.25, 0.3) is 0 Å². The van der Waals surface area contributed by atoms with E-state index in [1.54, 1.807) is 0 Å². The van der Waals surface area contributed by atoms with Crippen LogP contribution in [0.1, 0.15) is 67.3 Å². The highest BCUT2D eigenvalue weighted by molar-refractivity contribution is 6.02. The normalized spacial score (nSPS) is 19.5. The predicted octanol–water partition coefficient (Wildman–Crippen LogP) is 5.51. The van der Waals surface area contributed by atoms with Crippen molar-refractivity contribution in [3.8, 4) is 0 Å². The number of carbonyl (C=O) groups is 2. The molecule has 0 spiro atoms. The monoisotopic (exact) mass is 459 g/mol. The second kappa shape index (κ2) is 10.6. The third-order valence-electron chi connectivity index (χ3n) is 7.94. The van der Waals surface area contributed by atoms with Crippen molar-refractivity contribution in [2.45, 2.75) is 57.8 Å². The smallest absolute Gasteiger partial charge is 0.256 e. The van der Waals surface area contributed by atoms with Gasteiger partial charge in [0, 0.05) is 43.5 Å². The van der Waals surface area contributed by atoms with Gasteiger partial charge in [-0.1, -0.05) is 43.2 Å². The lowest BCUT2D eigenvalue weighted by Crippen LogP contribution is -2.36. The van der Waals surface area contributed by atoms with Gasteiger partial charge in [0.15, 0.2) is 0 Å². The Labute approximate surface area is 203 Å². The van der Waals surface area contributed by atoms with Crippen molar-refractivity contribution in [1.82, 2.24) is 4.90 Å². The van der Waals surface area contributed by atoms with Gasteiger partial charge in [0.1, 0.15) is 0 Å². The predicted molar refractivity (Wildman–Crippen MR) is 137 cm³/mol. The van der Waals surface area contributed by atoms with E-state index in [9.17, 15) is 9.59 Å². The number of benzene rings is 2. The highest BCUT2D eigenvalue weighted by Crippen LogP contribution is 2.32. The van der Waals surface area contributed by atoms with Gasteiger partial charge in [-0.2, -0.15) is 0 Å². The van der Waals surface area contributed by atoms with Gasteiger partial charge in [-0.25, -0.2) is 0 Å². The Morgan fingerprint density at radius 3 is 2.24 bits per heavy atom. The van der Waals surface area contributed by atoms with Crippen molar-refractivity contribution in [3.05, 3.63) is 59.7 Å². The molecule has 0 atom stereocenters. The zero-order chi connectivity index (χ0) is 23.3. The van der Waals surface area contributed by atoms with Crippen LogP contribution < -0.4 is 10.2 Å². The van der Waals surface area contributed by atoms with E-state index in [1.165, 1.54) is 5.56 Å². The number of piperidine rings is 1. The fourth-order valence-electron chi connectivity index (χ4n) is 5.91. The van der Waals surface area contributed by atoms with E-state index >= 15 is 0 Å². The average molecular weight is 460 g/mol. The molecule has 2 aromatic carbocycles. The molecule has 5 heteroatoms. The van der Waals surface area contributed by atoms with Gasteiger partial charge in [-0.15, -0.1) is 0 Å². The number of likely N-dealkylation sites (tertiary alicyclic amines) is 1. The number of carbonyl (C=O) groups excluding carboxylic acids is 2. The van der Waals surface area contributed by atoms with Crippen LogP contribution in [0.2, 0.25) is 0 Å². The molecule has 1 saturated carbocycles. The van der Waals surface area contributed by atoms with Gasteiger partial charge in [0.05, 0.1) is 5.56 Å². The van der Waals surface area contributed by atoms with E-state index < -0.39 is 0 Å². The van der Waals surface area contributed by atoms with Crippen molar-refractivity contribution in [3.63, 3.8) is 0 Å². The van der Waals surface area contributed by atoms with Gasteiger partial charge in [-0.3, -0.25) is 9.59 Å². The second-order valence-corrected chi connectivity index (χ2v) is 10.3. The fraction of sp³-hybridized carbons (Fsp3) is 0.517. The number of anilines is 2. The molecule has 0 aromatic heterocycles. The minimum absolute atomic E-state index is 0.103. The number of hydrogen-bond acceptors (Lipinski definition) is 3. The number of nitrogens with one attached hydrogen (secondary N) is 1. The lowest BCUT2D eigenvalue weighted by molar-refractivity contribution is -0.119. The topological polar surface area (TPSA) is 52.7 Å². The maximum Gasteiger partial charge on any atom is 0.256 e. The number of amides is 2. The average Bonchev–Trinajstić information content (AvgIpc) is 3.60. The summed E-state index contributed by atoms with van der Waals surface area (Å²) in [6.07, 6.45) is 9.75. The highest BCUT2D eigenvalue weighted by Gasteiger charge is 2.28. The van der Waals surface area contributed by atoms with Crippen molar-refractivity contribution in [1.29, 1.82) is 0 Å². The van der Waals surface area contributed by atoms with Crippen molar-refractivity contribution < 1.29 is 9.59 Å². The summed E-state index contributed by atoms with van der Waals surface area (Å²) in [5.41, 5.74) is 3.93. The minimum atomic E-state index is 0.103. The summed E-state index contributed by atoms with van der Waals surface area (Å²) < 4.78 is 0. The summed E-state index contributed by atoms with van der Waals surface area (Å²) in [5.74, 6) is 1.00. The first-order valence-corrected chi connectivity index (χ1v) is 13.2. The van der Waals surface area contributed by atoms with Crippen molar-refractivity contribution in [2.75, 3.05) is 36.4 Å². The molecule has 5 nitrogen and oxygen atoms in total. The Balaban J connectivity index is 1.31. The summed E-state index contributed by atoms with van der Waals surface area (Å²) in [6.45, 7) is 3.59. The van der Waals surface area contributed by atoms with Crippen LogP contribution in [0.4, 0.5) is 11.4 Å². The van der Waals surface area contributed by atoms with Crippen LogP contribution >= 0.6 is 0 Å². The molecule has 0 bridgehead atoms. The first-order chi connectivity index (χ1) is 16.7. The number of hydrogen-bond donors (Lipinski definition) is 1. The molecule has 3 aliphatic rings. The van der Waals surface area contributed by atoms with E-state index in [0.717, 1.165) is 101 Å². The summed E-state index contributed by atoms with van der Waals surface area (Å²) in [4.78, 5) is 30.6. The molecular weight excluding hydrogens is 422 g/mol. The van der Waals surface area contributed by atoms with Crippen LogP contribution in [0, 0.1) is 11.8 Å². The Bertz CT molecular complexity index is 986. The molecular formula is C29H37N3O2. The highest BCUT2D eigenvalue weighted by atomic mass is 16.2. The Kier molecular flexibility index (Phi) is 7.17. The summed E-state index contributed by atoms with van der Waals surface area (Å²) in [7, 11) is 0. The van der Waals surface area contributed by atoms with E-state index in [0.29, 0.717) is 5.92 Å². The van der Waals surface area contributed by atoms with Crippen LogP contribution in [0.15, 0.2) is 48.5 Å². The van der Waals surface area contributed by atoms with E-state index in [4.69, 9.17) is 0 Å². The van der Waals surface area contributed by atoms with Gasteiger partial charge < -0.3 is 15.1 Å². The molecule has 5 rings (SSSR count). The summed E-state index contributed by atoms with van der Waals surface area (Å²) >= 11 is 0. The van der Waals surface area contributed by atoms with Crippen LogP contribution in [-0.2, 0) is 11.2 Å². The maximum absolute atomic E-state index is 13.5. The minimum Gasteiger partial charge on any atom is -0.371 e. The molecule has 0 unspecified atom stereocenters. The van der Waals surface area contributed by atoms with Crippen LogP contribution in [0.5, 0.6) is 0 Å². The molecule has 1 N–H and O–H groups in total. The van der Waals surface area contributed by atoms with Crippen molar-refractivity contribution >= 4 is 23.2 Å². The summed E-state index contributed by atoms with van der Waals surface area (Å²) in [5, 5.41) is 3.11. The lowest BCUT2D eigenvalue weighted by atomic mass is 9.89. The molecule has 2 amide bonds. The standard InChI is InChI=1S/C29H37N3O2/c33-28(24-10-4-5-11-24)30-25-12-13-27(26(21-25)29(34)32-16-6-7-17-32)31-18-14-23(15-19-31)20-22-8-2-1-3-9-22/h1-3,8-9,12-13,21,23-24H,4-7,10-11,14-20H2,(H,30,33). The first-order valence-electron chi connectivity index (χ1n) is 13.2. The number of rotatable bonds is 6. The Morgan fingerprint density at radius 2 is 1.53 bits per heavy atom. The first kappa shape index (κ1) is 22.9. The van der Waals surface area contributed by atoms with Gasteiger partial charge in [-0.05, 0) is 74.6 Å². The van der Waals surface area contributed by atoms with Gasteiger partial charge in [0.25, 0.3) is 5.91 Å². The SMILES string of the molecule is O=C(Nc1ccc(N2CCC(Cc3ccccc3)CC2)c(C(=O)N2CCCC2)c1)C1CCCC1. The largest absolute Gasteiger partial charge is 0.371 e. The third kappa shape index (κ3) is 5.29. The molecule has 2 aliphatic heterocycles. The van der Waals surface area contributed by atoms with E-state index in [2.05, 4.69) is 46.6 Å². The second-order valence-electron chi connectivity index (χ2n) is 10.3. The van der Waals surface area contributed by atoms with Crippen LogP contribution in [-0.4, -0.2) is 42.9 Å². The molecule has 2 saturated heterocycles. The van der Waals surface area contributed by atoms with Crippen LogP contribution in [0.3, 0.4) is 0 Å². The maximum atomic E-state index is 13.5. The zero-order valence-electron chi connectivity index (χ0n) is 20.2. The quantitative estimate of drug-likeness (QED) is 0.620. The van der Waals surface area contributed by atoms with E-state index in [1.807, 2.05) is 17.0 Å². The molecule has 3 fully saturated rings. The Morgan fingerprint density at radius 1 is 0.824 bits per heavy atom. The molecule has 2 aromatic rings. The third-order valence-corrected chi connectivity index (χ3v) is 7.94. The molecule has 2 heterocycles. The summed E-state index contributed by atoms with van der Waals surface area (Å²) in [6, 6.07) is 16.7. The van der Waals surface area contributed by atoms with E-state index in [-0.39, 0.29) is 17.7 Å². The molecule has 34 heavy (non-hydrogen) atoms. The fourth-order valence-corrected chi connectivity index (χ4v) is 5.91. The van der Waals surface area contributed by atoms with Gasteiger partial charge in [0.2, 0.25) is 5.91 Å². The molecule has 0 radical (unpaired) electrons. The van der Waals surface area contributed by atoms with Crippen molar-refractivity contribution in [2.24, 2.45) is 11.8 Å². The lowest BCUT2D eigenvalue weighted by Gasteiger charge is -2.35. The number of nitrogens with zero attached hydrogens (tertiary/aromatic N) is 2. The Hall–Kier alpha value is -2.82. The van der Waals surface area contributed by atoms with Gasteiger partial charge >= 0.3 is 0 Å². The molecule has 180 valence electrons.